The number of nitrogens with one attached hydrogen (secondary N) is 1. The molecular weight excluding hydrogens is 286 g/mol. The summed E-state index contributed by atoms with van der Waals surface area (Å²) in [5.41, 5.74) is 6.25. The number of nitrogens with two attached hydrogens (primary N) is 1. The Balaban J connectivity index is 2.46. The zero-order valence-corrected chi connectivity index (χ0v) is 11.3. The van der Waals surface area contributed by atoms with Gasteiger partial charge in [-0.15, -0.1) is 0 Å². The van der Waals surface area contributed by atoms with Gasteiger partial charge in [-0.25, -0.2) is 17.2 Å². The predicted octanol–water partition coefficient (Wildman–Crippen LogP) is 2.66. The van der Waals surface area contributed by atoms with Gasteiger partial charge in [0.15, 0.2) is 11.6 Å². The van der Waals surface area contributed by atoms with Crippen molar-refractivity contribution in [1.29, 1.82) is 0 Å². The summed E-state index contributed by atoms with van der Waals surface area (Å²) in [6, 6.07) is 8.09. The number of hydrogen-bond donors (Lipinski definition) is 2. The Morgan fingerprint density at radius 2 is 1.85 bits per heavy atom. The molecule has 0 aliphatic carbocycles. The summed E-state index contributed by atoms with van der Waals surface area (Å²) in [5.74, 6) is -2.77. The van der Waals surface area contributed by atoms with Crippen LogP contribution in [0.25, 0.3) is 0 Å². The van der Waals surface area contributed by atoms with E-state index in [0.29, 0.717) is 0 Å². The molecule has 2 aromatic carbocycles. The summed E-state index contributed by atoms with van der Waals surface area (Å²) in [6.07, 6.45) is 0. The van der Waals surface area contributed by atoms with Gasteiger partial charge in [0, 0.05) is 11.4 Å². The number of nitrogen functional groups attached to an aromatic ring is 1. The molecule has 0 atom stereocenters. The zero-order chi connectivity index (χ0) is 14.9. The van der Waals surface area contributed by atoms with Crippen LogP contribution >= 0.6 is 0 Å². The highest BCUT2D eigenvalue weighted by Crippen LogP contribution is 2.23. The van der Waals surface area contributed by atoms with Crippen LogP contribution < -0.4 is 10.5 Å². The average Bonchev–Trinajstić information content (AvgIpc) is 2.33. The van der Waals surface area contributed by atoms with E-state index in [0.717, 1.165) is 17.7 Å². The van der Waals surface area contributed by atoms with Crippen molar-refractivity contribution in [3.05, 3.63) is 53.6 Å². The molecule has 0 radical (unpaired) electrons. The molecule has 2 aromatic rings. The minimum absolute atomic E-state index is 0.173. The molecule has 0 fully saturated rings. The van der Waals surface area contributed by atoms with Gasteiger partial charge in [0.25, 0.3) is 10.0 Å². The molecule has 0 aromatic heterocycles. The summed E-state index contributed by atoms with van der Waals surface area (Å²) in [4.78, 5) is -0.823. The third-order valence-electron chi connectivity index (χ3n) is 2.58. The van der Waals surface area contributed by atoms with Crippen LogP contribution in [0.4, 0.5) is 20.2 Å². The SMILES string of the molecule is Cc1cccc(NS(=O)(=O)c2cc(N)cc(F)c2F)c1. The largest absolute Gasteiger partial charge is 0.399 e. The van der Waals surface area contributed by atoms with Crippen molar-refractivity contribution >= 4 is 21.4 Å². The molecule has 2 rings (SSSR count). The molecule has 0 unspecified atom stereocenters. The number of anilines is 2. The normalized spacial score (nSPS) is 11.3. The Bertz CT molecular complexity index is 761. The van der Waals surface area contributed by atoms with Crippen LogP contribution in [0.15, 0.2) is 41.3 Å². The van der Waals surface area contributed by atoms with Gasteiger partial charge in [0.2, 0.25) is 0 Å². The number of benzene rings is 2. The van der Waals surface area contributed by atoms with Crippen LogP contribution in [-0.4, -0.2) is 8.42 Å². The maximum Gasteiger partial charge on any atom is 0.265 e. The lowest BCUT2D eigenvalue weighted by Crippen LogP contribution is -2.16. The molecule has 3 N–H and O–H groups in total. The van der Waals surface area contributed by atoms with Crippen LogP contribution in [-0.2, 0) is 10.0 Å². The van der Waals surface area contributed by atoms with E-state index in [4.69, 9.17) is 5.73 Å². The van der Waals surface area contributed by atoms with Gasteiger partial charge in [-0.1, -0.05) is 12.1 Å². The standard InChI is InChI=1S/C13H12F2N2O2S/c1-8-3-2-4-10(5-8)17-20(18,19)12-7-9(16)6-11(14)13(12)15/h2-7,17H,16H2,1H3. The predicted molar refractivity (Wildman–Crippen MR) is 72.8 cm³/mol. The Labute approximate surface area is 115 Å². The van der Waals surface area contributed by atoms with Crippen LogP contribution in [0.2, 0.25) is 0 Å². The van der Waals surface area contributed by atoms with Gasteiger partial charge in [-0.05, 0) is 36.8 Å². The first-order chi connectivity index (χ1) is 9.29. The van der Waals surface area contributed by atoms with Crippen LogP contribution in [0.5, 0.6) is 0 Å². The summed E-state index contributed by atoms with van der Waals surface area (Å²) in [6.45, 7) is 1.78. The zero-order valence-electron chi connectivity index (χ0n) is 10.5. The molecular formula is C13H12F2N2O2S. The van der Waals surface area contributed by atoms with Gasteiger partial charge < -0.3 is 5.73 Å². The molecule has 0 aliphatic rings. The van der Waals surface area contributed by atoms with Crippen LogP contribution in [0.3, 0.4) is 0 Å². The van der Waals surface area contributed by atoms with Crippen molar-refractivity contribution in [2.75, 3.05) is 10.5 Å². The van der Waals surface area contributed by atoms with E-state index >= 15 is 0 Å². The highest BCUT2D eigenvalue weighted by atomic mass is 32.2. The van der Waals surface area contributed by atoms with Crippen LogP contribution in [0.1, 0.15) is 5.56 Å². The molecule has 0 saturated carbocycles. The van der Waals surface area contributed by atoms with E-state index in [-0.39, 0.29) is 11.4 Å². The van der Waals surface area contributed by atoms with E-state index in [9.17, 15) is 17.2 Å². The summed E-state index contributed by atoms with van der Waals surface area (Å²) in [7, 11) is -4.25. The third-order valence-corrected chi connectivity index (χ3v) is 3.96. The molecule has 0 aliphatic heterocycles. The first-order valence-electron chi connectivity index (χ1n) is 5.63. The number of sulfonamides is 1. The van der Waals surface area contributed by atoms with Gasteiger partial charge in [0.1, 0.15) is 4.90 Å². The molecule has 106 valence electrons. The molecule has 0 bridgehead atoms. The molecule has 0 spiro atoms. The summed E-state index contributed by atoms with van der Waals surface area (Å²) >= 11 is 0. The molecule has 0 amide bonds. The van der Waals surface area contributed by atoms with E-state index < -0.39 is 26.6 Å². The van der Waals surface area contributed by atoms with E-state index in [1.807, 2.05) is 0 Å². The second-order valence-corrected chi connectivity index (χ2v) is 5.94. The third kappa shape index (κ3) is 2.88. The number of halogens is 2. The lowest BCUT2D eigenvalue weighted by atomic mass is 10.2. The van der Waals surface area contributed by atoms with Gasteiger partial charge >= 0.3 is 0 Å². The van der Waals surface area contributed by atoms with Crippen molar-refractivity contribution < 1.29 is 17.2 Å². The first-order valence-corrected chi connectivity index (χ1v) is 7.12. The van der Waals surface area contributed by atoms with Gasteiger partial charge in [-0.2, -0.15) is 0 Å². The van der Waals surface area contributed by atoms with E-state index in [1.54, 1.807) is 25.1 Å². The Kier molecular flexibility index (Phi) is 3.63. The van der Waals surface area contributed by atoms with Crippen molar-refractivity contribution in [3.8, 4) is 0 Å². The highest BCUT2D eigenvalue weighted by Gasteiger charge is 2.22. The Morgan fingerprint density at radius 1 is 1.15 bits per heavy atom. The number of aryl methyl sites for hydroxylation is 1. The van der Waals surface area contributed by atoms with Gasteiger partial charge in [-0.3, -0.25) is 4.72 Å². The second-order valence-electron chi connectivity index (χ2n) is 4.29. The summed E-state index contributed by atoms with van der Waals surface area (Å²) in [5, 5.41) is 0. The summed E-state index contributed by atoms with van der Waals surface area (Å²) < 4.78 is 53.1. The highest BCUT2D eigenvalue weighted by molar-refractivity contribution is 7.92. The Morgan fingerprint density at radius 3 is 2.50 bits per heavy atom. The quantitative estimate of drug-likeness (QED) is 0.856. The van der Waals surface area contributed by atoms with Gasteiger partial charge in [0.05, 0.1) is 0 Å². The molecule has 0 saturated heterocycles. The molecule has 0 heterocycles. The van der Waals surface area contributed by atoms with E-state index in [2.05, 4.69) is 4.72 Å². The topological polar surface area (TPSA) is 72.2 Å². The number of rotatable bonds is 3. The molecule has 20 heavy (non-hydrogen) atoms. The second kappa shape index (κ2) is 5.09. The smallest absolute Gasteiger partial charge is 0.265 e. The minimum Gasteiger partial charge on any atom is -0.399 e. The monoisotopic (exact) mass is 298 g/mol. The average molecular weight is 298 g/mol. The lowest BCUT2D eigenvalue weighted by molar-refractivity contribution is 0.486. The van der Waals surface area contributed by atoms with Crippen molar-refractivity contribution in [1.82, 2.24) is 0 Å². The molecule has 7 heteroatoms. The van der Waals surface area contributed by atoms with Crippen molar-refractivity contribution in [2.24, 2.45) is 0 Å². The Hall–Kier alpha value is -2.15. The fourth-order valence-electron chi connectivity index (χ4n) is 1.70. The first kappa shape index (κ1) is 14.3. The fourth-order valence-corrected chi connectivity index (χ4v) is 2.87. The van der Waals surface area contributed by atoms with Crippen LogP contribution in [0, 0.1) is 18.6 Å². The molecule has 4 nitrogen and oxygen atoms in total. The lowest BCUT2D eigenvalue weighted by Gasteiger charge is -2.10. The minimum atomic E-state index is -4.25. The maximum atomic E-state index is 13.6. The van der Waals surface area contributed by atoms with Crippen molar-refractivity contribution in [3.63, 3.8) is 0 Å². The fraction of sp³-hybridized carbons (Fsp3) is 0.0769. The maximum absolute atomic E-state index is 13.6. The van der Waals surface area contributed by atoms with Crippen molar-refractivity contribution in [2.45, 2.75) is 11.8 Å². The number of hydrogen-bond acceptors (Lipinski definition) is 3. The van der Waals surface area contributed by atoms with E-state index in [1.165, 1.54) is 6.07 Å².